The van der Waals surface area contributed by atoms with Crippen LogP contribution in [0.1, 0.15) is 6.92 Å². The van der Waals surface area contributed by atoms with Gasteiger partial charge >= 0.3 is 0 Å². The molecule has 2 heterocycles. The molecule has 0 bridgehead atoms. The summed E-state index contributed by atoms with van der Waals surface area (Å²) in [5.41, 5.74) is 1.26. The lowest BCUT2D eigenvalue weighted by Gasteiger charge is -2.04. The van der Waals surface area contributed by atoms with Crippen LogP contribution < -0.4 is 4.74 Å². The highest BCUT2D eigenvalue weighted by Gasteiger charge is 2.14. The number of rotatable bonds is 4. The Labute approximate surface area is 121 Å². The maximum atomic E-state index is 10.0. The third-order valence-corrected chi connectivity index (χ3v) is 2.88. The second-order valence-electron chi connectivity index (χ2n) is 4.27. The molecular weight excluding hydrogens is 270 g/mol. The first-order valence-corrected chi connectivity index (χ1v) is 6.48. The molecule has 0 radical (unpaired) electrons. The van der Waals surface area contributed by atoms with E-state index in [9.17, 15) is 5.11 Å². The molecule has 0 unspecified atom stereocenters. The van der Waals surface area contributed by atoms with Crippen LogP contribution in [0, 0.1) is 0 Å². The first-order valence-electron chi connectivity index (χ1n) is 6.48. The average Bonchev–Trinajstić information content (AvgIpc) is 2.98. The van der Waals surface area contributed by atoms with Crippen LogP contribution in [0.2, 0.25) is 0 Å². The van der Waals surface area contributed by atoms with Gasteiger partial charge in [0.2, 0.25) is 5.82 Å². The Morgan fingerprint density at radius 3 is 2.71 bits per heavy atom. The summed E-state index contributed by atoms with van der Waals surface area (Å²) in [6, 6.07) is 8.52. The lowest BCUT2D eigenvalue weighted by atomic mass is 10.2. The maximum Gasteiger partial charge on any atom is 0.262 e. The third kappa shape index (κ3) is 2.69. The van der Waals surface area contributed by atoms with Gasteiger partial charge in [-0.05, 0) is 31.2 Å². The van der Waals surface area contributed by atoms with Crippen LogP contribution in [-0.2, 0) is 0 Å². The number of phenolic OH excluding ortho intramolecular Hbond substituents is 1. The van der Waals surface area contributed by atoms with E-state index in [1.807, 2.05) is 6.92 Å². The highest BCUT2D eigenvalue weighted by molar-refractivity contribution is 5.66. The van der Waals surface area contributed by atoms with E-state index in [0.717, 1.165) is 5.56 Å². The van der Waals surface area contributed by atoms with E-state index in [1.54, 1.807) is 36.7 Å². The van der Waals surface area contributed by atoms with E-state index in [4.69, 9.17) is 9.26 Å². The number of aromatic nitrogens is 3. The van der Waals surface area contributed by atoms with Crippen LogP contribution in [0.4, 0.5) is 0 Å². The first kappa shape index (κ1) is 13.1. The van der Waals surface area contributed by atoms with Crippen molar-refractivity contribution in [2.24, 2.45) is 0 Å². The average molecular weight is 283 g/mol. The largest absolute Gasteiger partial charge is 0.507 e. The van der Waals surface area contributed by atoms with Crippen molar-refractivity contribution in [1.29, 1.82) is 0 Å². The predicted molar refractivity (Wildman–Crippen MR) is 75.8 cm³/mol. The van der Waals surface area contributed by atoms with Crippen molar-refractivity contribution >= 4 is 0 Å². The van der Waals surface area contributed by atoms with Crippen molar-refractivity contribution in [1.82, 2.24) is 15.1 Å². The van der Waals surface area contributed by atoms with Crippen molar-refractivity contribution in [3.8, 4) is 34.3 Å². The fraction of sp³-hybridized carbons (Fsp3) is 0.133. The van der Waals surface area contributed by atoms with E-state index in [-0.39, 0.29) is 11.6 Å². The number of benzene rings is 1. The Morgan fingerprint density at radius 2 is 2.00 bits per heavy atom. The molecule has 3 aromatic rings. The third-order valence-electron chi connectivity index (χ3n) is 2.88. The van der Waals surface area contributed by atoms with Gasteiger partial charge in [0.25, 0.3) is 5.89 Å². The summed E-state index contributed by atoms with van der Waals surface area (Å²) < 4.78 is 10.5. The lowest BCUT2D eigenvalue weighted by Crippen LogP contribution is -1.91. The molecule has 0 aliphatic carbocycles. The van der Waals surface area contributed by atoms with Crippen molar-refractivity contribution < 1.29 is 14.4 Å². The molecule has 0 aliphatic heterocycles. The molecule has 0 amide bonds. The Morgan fingerprint density at radius 1 is 1.19 bits per heavy atom. The molecule has 1 aromatic carbocycles. The molecule has 6 nitrogen and oxygen atoms in total. The van der Waals surface area contributed by atoms with E-state index in [0.29, 0.717) is 23.7 Å². The SMILES string of the molecule is CCOc1ccc(-c2nc(-c3ccncc3)no2)c(O)c1. The standard InChI is InChI=1S/C15H13N3O3/c1-2-20-11-3-4-12(13(19)9-11)15-17-14(18-21-15)10-5-7-16-8-6-10/h3-9,19H,2H2,1H3. The minimum absolute atomic E-state index is 0.0332. The minimum atomic E-state index is 0.0332. The van der Waals surface area contributed by atoms with E-state index in [1.165, 1.54) is 6.07 Å². The van der Waals surface area contributed by atoms with Crippen molar-refractivity contribution in [3.05, 3.63) is 42.7 Å². The quantitative estimate of drug-likeness (QED) is 0.792. The van der Waals surface area contributed by atoms with Crippen LogP contribution in [0.25, 0.3) is 22.8 Å². The van der Waals surface area contributed by atoms with Gasteiger partial charge in [0.05, 0.1) is 12.2 Å². The van der Waals surface area contributed by atoms with Crippen molar-refractivity contribution in [2.45, 2.75) is 6.92 Å². The van der Waals surface area contributed by atoms with Crippen LogP contribution >= 0.6 is 0 Å². The van der Waals surface area contributed by atoms with Crippen LogP contribution in [0.3, 0.4) is 0 Å². The number of ether oxygens (including phenoxy) is 1. The van der Waals surface area contributed by atoms with Crippen molar-refractivity contribution in [3.63, 3.8) is 0 Å². The Balaban J connectivity index is 1.93. The number of phenols is 1. The van der Waals surface area contributed by atoms with Crippen LogP contribution in [0.15, 0.2) is 47.2 Å². The number of pyridine rings is 1. The molecule has 0 saturated heterocycles. The zero-order valence-electron chi connectivity index (χ0n) is 11.4. The molecule has 0 atom stereocenters. The fourth-order valence-corrected chi connectivity index (χ4v) is 1.90. The van der Waals surface area contributed by atoms with Gasteiger partial charge in [-0.25, -0.2) is 0 Å². The molecule has 6 heteroatoms. The van der Waals surface area contributed by atoms with Gasteiger partial charge < -0.3 is 14.4 Å². The molecule has 0 saturated carbocycles. The maximum absolute atomic E-state index is 10.0. The van der Waals surface area contributed by atoms with Gasteiger partial charge in [0.15, 0.2) is 0 Å². The van der Waals surface area contributed by atoms with Gasteiger partial charge in [-0.2, -0.15) is 4.98 Å². The Kier molecular flexibility index (Phi) is 3.51. The summed E-state index contributed by atoms with van der Waals surface area (Å²) in [7, 11) is 0. The highest BCUT2D eigenvalue weighted by atomic mass is 16.5. The number of hydrogen-bond acceptors (Lipinski definition) is 6. The smallest absolute Gasteiger partial charge is 0.262 e. The second-order valence-corrected chi connectivity index (χ2v) is 4.27. The zero-order chi connectivity index (χ0) is 14.7. The van der Waals surface area contributed by atoms with E-state index in [2.05, 4.69) is 15.1 Å². The Hall–Kier alpha value is -2.89. The molecule has 106 valence electrons. The molecule has 21 heavy (non-hydrogen) atoms. The zero-order valence-corrected chi connectivity index (χ0v) is 11.4. The number of hydrogen-bond donors (Lipinski definition) is 1. The molecule has 3 rings (SSSR count). The molecular formula is C15H13N3O3. The summed E-state index contributed by atoms with van der Waals surface area (Å²) in [5.74, 6) is 1.32. The minimum Gasteiger partial charge on any atom is -0.507 e. The fourth-order valence-electron chi connectivity index (χ4n) is 1.90. The summed E-state index contributed by atoms with van der Waals surface area (Å²) in [5, 5.41) is 13.9. The van der Waals surface area contributed by atoms with Gasteiger partial charge in [-0.15, -0.1) is 0 Å². The van der Waals surface area contributed by atoms with Crippen LogP contribution in [-0.4, -0.2) is 26.8 Å². The van der Waals surface area contributed by atoms with Crippen molar-refractivity contribution in [2.75, 3.05) is 6.61 Å². The van der Waals surface area contributed by atoms with E-state index < -0.39 is 0 Å². The summed E-state index contributed by atoms with van der Waals surface area (Å²) >= 11 is 0. The van der Waals surface area contributed by atoms with Gasteiger partial charge in [0.1, 0.15) is 11.5 Å². The molecule has 0 aliphatic rings. The van der Waals surface area contributed by atoms with Crippen LogP contribution in [0.5, 0.6) is 11.5 Å². The summed E-state index contributed by atoms with van der Waals surface area (Å²) in [6.45, 7) is 2.41. The monoisotopic (exact) mass is 283 g/mol. The Bertz CT molecular complexity index is 741. The summed E-state index contributed by atoms with van der Waals surface area (Å²) in [4.78, 5) is 8.22. The first-order chi connectivity index (χ1) is 10.3. The number of nitrogens with zero attached hydrogens (tertiary/aromatic N) is 3. The lowest BCUT2D eigenvalue weighted by molar-refractivity contribution is 0.337. The van der Waals surface area contributed by atoms with Gasteiger partial charge in [0, 0.05) is 24.0 Å². The highest BCUT2D eigenvalue weighted by Crippen LogP contribution is 2.32. The predicted octanol–water partition coefficient (Wildman–Crippen LogP) is 2.90. The normalized spacial score (nSPS) is 10.5. The van der Waals surface area contributed by atoms with E-state index >= 15 is 0 Å². The second kappa shape index (κ2) is 5.62. The molecule has 1 N–H and O–H groups in total. The van der Waals surface area contributed by atoms with Gasteiger partial charge in [-0.3, -0.25) is 4.98 Å². The topological polar surface area (TPSA) is 81.3 Å². The molecule has 0 spiro atoms. The summed E-state index contributed by atoms with van der Waals surface area (Å²) in [6.07, 6.45) is 3.31. The molecule has 2 aromatic heterocycles. The molecule has 0 fully saturated rings. The van der Waals surface area contributed by atoms with Gasteiger partial charge in [-0.1, -0.05) is 5.16 Å². The number of aromatic hydroxyl groups is 1.